The Morgan fingerprint density at radius 1 is 1.08 bits per heavy atom. The maximum atomic E-state index is 12.5. The van der Waals surface area contributed by atoms with E-state index in [0.29, 0.717) is 18.2 Å². The van der Waals surface area contributed by atoms with Crippen LogP contribution in [0.3, 0.4) is 0 Å². The van der Waals surface area contributed by atoms with E-state index >= 15 is 0 Å². The predicted octanol–water partition coefficient (Wildman–Crippen LogP) is 3.66. The molecule has 1 aliphatic rings. The molecule has 134 valence electrons. The van der Waals surface area contributed by atoms with Crippen molar-refractivity contribution in [3.8, 4) is 5.75 Å². The molecule has 1 aromatic heterocycles. The average molecular weight is 368 g/mol. The van der Waals surface area contributed by atoms with E-state index in [-0.39, 0.29) is 6.03 Å². The van der Waals surface area contributed by atoms with Gasteiger partial charge in [0.05, 0.1) is 23.0 Å². The molecule has 0 atom stereocenters. The lowest BCUT2D eigenvalue weighted by atomic mass is 10.2. The van der Waals surface area contributed by atoms with Gasteiger partial charge < -0.3 is 14.5 Å². The Bertz CT molecular complexity index is 886. The topological polar surface area (TPSA) is 57.7 Å². The van der Waals surface area contributed by atoms with Gasteiger partial charge in [-0.25, -0.2) is 9.78 Å². The van der Waals surface area contributed by atoms with Crippen LogP contribution in [0.1, 0.15) is 0 Å². The van der Waals surface area contributed by atoms with E-state index in [0.717, 1.165) is 34.7 Å². The Labute approximate surface area is 156 Å². The number of hydrogen-bond donors (Lipinski definition) is 1. The smallest absolute Gasteiger partial charge is 0.323 e. The van der Waals surface area contributed by atoms with Crippen LogP contribution in [0.5, 0.6) is 5.75 Å². The van der Waals surface area contributed by atoms with Gasteiger partial charge in [0, 0.05) is 26.2 Å². The molecule has 2 heterocycles. The zero-order valence-corrected chi connectivity index (χ0v) is 15.3. The molecule has 4 rings (SSSR count). The zero-order valence-electron chi connectivity index (χ0n) is 14.5. The van der Waals surface area contributed by atoms with Crippen molar-refractivity contribution in [1.29, 1.82) is 0 Å². The number of ether oxygens (including phenoxy) is 1. The zero-order chi connectivity index (χ0) is 17.9. The van der Waals surface area contributed by atoms with E-state index in [9.17, 15) is 4.79 Å². The largest absolute Gasteiger partial charge is 0.495 e. The van der Waals surface area contributed by atoms with E-state index in [4.69, 9.17) is 4.74 Å². The number of hydrogen-bond acceptors (Lipinski definition) is 5. The maximum absolute atomic E-state index is 12.5. The van der Waals surface area contributed by atoms with Crippen molar-refractivity contribution in [3.05, 3.63) is 48.5 Å². The van der Waals surface area contributed by atoms with E-state index in [1.54, 1.807) is 7.11 Å². The molecule has 1 N–H and O–H groups in total. The average Bonchev–Trinajstić information content (AvgIpc) is 3.10. The number of anilines is 2. The number of piperazine rings is 1. The summed E-state index contributed by atoms with van der Waals surface area (Å²) in [6.07, 6.45) is 0. The first-order valence-electron chi connectivity index (χ1n) is 8.54. The van der Waals surface area contributed by atoms with Gasteiger partial charge in [0.25, 0.3) is 0 Å². The summed E-state index contributed by atoms with van der Waals surface area (Å²) in [5.41, 5.74) is 1.98. The highest BCUT2D eigenvalue weighted by Gasteiger charge is 2.23. The van der Waals surface area contributed by atoms with Crippen LogP contribution in [-0.4, -0.2) is 49.2 Å². The van der Waals surface area contributed by atoms with Gasteiger partial charge in [0.2, 0.25) is 0 Å². The number of aromatic nitrogens is 1. The van der Waals surface area contributed by atoms with Crippen molar-refractivity contribution >= 4 is 38.4 Å². The minimum atomic E-state index is -0.0938. The molecule has 0 aliphatic carbocycles. The third-order valence-electron chi connectivity index (χ3n) is 4.50. The number of benzene rings is 2. The number of carbonyl (C=O) groups is 1. The molecule has 6 nitrogen and oxygen atoms in total. The van der Waals surface area contributed by atoms with E-state index in [1.807, 2.05) is 47.4 Å². The summed E-state index contributed by atoms with van der Waals surface area (Å²) in [6.45, 7) is 2.87. The van der Waals surface area contributed by atoms with Crippen molar-refractivity contribution < 1.29 is 9.53 Å². The van der Waals surface area contributed by atoms with Gasteiger partial charge in [-0.15, -0.1) is 0 Å². The highest BCUT2D eigenvalue weighted by molar-refractivity contribution is 7.22. The number of carbonyl (C=O) groups excluding carboxylic acids is 1. The molecule has 1 aliphatic heterocycles. The summed E-state index contributed by atoms with van der Waals surface area (Å²) in [6, 6.07) is 15.8. The highest BCUT2D eigenvalue weighted by atomic mass is 32.1. The minimum Gasteiger partial charge on any atom is -0.495 e. The highest BCUT2D eigenvalue weighted by Crippen LogP contribution is 2.29. The van der Waals surface area contributed by atoms with Gasteiger partial charge >= 0.3 is 6.03 Å². The Balaban J connectivity index is 1.39. The minimum absolute atomic E-state index is 0.0938. The molecule has 3 aromatic rings. The van der Waals surface area contributed by atoms with E-state index in [1.165, 1.54) is 11.3 Å². The van der Waals surface area contributed by atoms with Gasteiger partial charge in [-0.1, -0.05) is 35.6 Å². The first-order valence-corrected chi connectivity index (χ1v) is 9.36. The number of fused-ring (bicyclic) bond motifs is 1. The van der Waals surface area contributed by atoms with Crippen molar-refractivity contribution in [2.24, 2.45) is 0 Å². The van der Waals surface area contributed by atoms with E-state index < -0.39 is 0 Å². The number of para-hydroxylation sites is 3. The normalized spacial score (nSPS) is 14.5. The molecule has 2 aromatic carbocycles. The Morgan fingerprint density at radius 2 is 1.81 bits per heavy atom. The van der Waals surface area contributed by atoms with Crippen LogP contribution < -0.4 is 15.0 Å². The molecule has 7 heteroatoms. The summed E-state index contributed by atoms with van der Waals surface area (Å²) in [4.78, 5) is 21.1. The van der Waals surface area contributed by atoms with Gasteiger partial charge in [-0.3, -0.25) is 5.32 Å². The molecule has 2 amide bonds. The number of nitrogens with one attached hydrogen (secondary N) is 1. The fourth-order valence-electron chi connectivity index (χ4n) is 3.14. The van der Waals surface area contributed by atoms with Crippen molar-refractivity contribution in [2.75, 3.05) is 43.5 Å². The molecule has 1 fully saturated rings. The van der Waals surface area contributed by atoms with E-state index in [2.05, 4.69) is 21.3 Å². The quantitative estimate of drug-likeness (QED) is 0.767. The summed E-state index contributed by atoms with van der Waals surface area (Å²) >= 11 is 1.50. The monoisotopic (exact) mass is 368 g/mol. The number of urea groups is 1. The van der Waals surface area contributed by atoms with Crippen LogP contribution in [-0.2, 0) is 0 Å². The first kappa shape index (κ1) is 16.7. The summed E-state index contributed by atoms with van der Waals surface area (Å²) in [5.74, 6) is 0.861. The molecular weight excluding hydrogens is 348 g/mol. The molecule has 0 unspecified atom stereocenters. The number of thiazole rings is 1. The second kappa shape index (κ2) is 7.21. The molecule has 0 bridgehead atoms. The molecule has 0 radical (unpaired) electrons. The lowest BCUT2D eigenvalue weighted by Crippen LogP contribution is -2.50. The lowest BCUT2D eigenvalue weighted by molar-refractivity contribution is 0.208. The van der Waals surface area contributed by atoms with Crippen LogP contribution >= 0.6 is 11.3 Å². The second-order valence-electron chi connectivity index (χ2n) is 6.06. The molecule has 1 saturated heterocycles. The molecule has 26 heavy (non-hydrogen) atoms. The second-order valence-corrected chi connectivity index (χ2v) is 7.09. The van der Waals surface area contributed by atoms with Crippen molar-refractivity contribution in [3.63, 3.8) is 0 Å². The number of methoxy groups -OCH3 is 1. The Morgan fingerprint density at radius 3 is 2.58 bits per heavy atom. The van der Waals surface area contributed by atoms with Gasteiger partial charge in [0.15, 0.2) is 5.13 Å². The summed E-state index contributed by atoms with van der Waals surface area (Å²) in [5, 5.41) is 3.57. The standard InChI is InChI=1S/C19H20N4O2S/c1-25-16-8-4-3-7-15(16)22-10-12-23(13-11-22)19(24)21-18-20-14-6-2-5-9-17(14)26-18/h2-9H,10-13H2,1H3,(H,20,21,24). The third kappa shape index (κ3) is 3.30. The van der Waals surface area contributed by atoms with Gasteiger partial charge in [-0.2, -0.15) is 0 Å². The van der Waals surface area contributed by atoms with Gasteiger partial charge in [0.1, 0.15) is 5.75 Å². The first-order chi connectivity index (χ1) is 12.7. The summed E-state index contributed by atoms with van der Waals surface area (Å²) < 4.78 is 6.51. The van der Waals surface area contributed by atoms with Crippen LogP contribution in [0.4, 0.5) is 15.6 Å². The SMILES string of the molecule is COc1ccccc1N1CCN(C(=O)Nc2nc3ccccc3s2)CC1. The molecular formula is C19H20N4O2S. The van der Waals surface area contributed by atoms with Crippen molar-refractivity contribution in [2.45, 2.75) is 0 Å². The van der Waals surface area contributed by atoms with Crippen molar-refractivity contribution in [1.82, 2.24) is 9.88 Å². The van der Waals surface area contributed by atoms with Gasteiger partial charge in [-0.05, 0) is 24.3 Å². The van der Waals surface area contributed by atoms with Crippen LogP contribution in [0, 0.1) is 0 Å². The van der Waals surface area contributed by atoms with Crippen LogP contribution in [0.2, 0.25) is 0 Å². The Kier molecular flexibility index (Phi) is 4.62. The predicted molar refractivity (Wildman–Crippen MR) is 105 cm³/mol. The fraction of sp³-hybridized carbons (Fsp3) is 0.263. The third-order valence-corrected chi connectivity index (χ3v) is 5.45. The number of amides is 2. The fourth-order valence-corrected chi connectivity index (χ4v) is 3.99. The Hall–Kier alpha value is -2.80. The molecule has 0 spiro atoms. The van der Waals surface area contributed by atoms with Crippen LogP contribution in [0.25, 0.3) is 10.2 Å². The van der Waals surface area contributed by atoms with Crippen LogP contribution in [0.15, 0.2) is 48.5 Å². The number of rotatable bonds is 3. The number of nitrogens with zero attached hydrogens (tertiary/aromatic N) is 3. The molecule has 0 saturated carbocycles. The lowest BCUT2D eigenvalue weighted by Gasteiger charge is -2.36. The maximum Gasteiger partial charge on any atom is 0.323 e. The summed E-state index contributed by atoms with van der Waals surface area (Å²) in [7, 11) is 1.68.